The van der Waals surface area contributed by atoms with Gasteiger partial charge in [0.1, 0.15) is 11.5 Å². The van der Waals surface area contributed by atoms with Crippen LogP contribution in [0.5, 0.6) is 11.5 Å². The van der Waals surface area contributed by atoms with Crippen molar-refractivity contribution in [3.8, 4) is 11.5 Å². The SMILES string of the molecule is COc1cccc(C2=C[C@@H]3c4cc(C)ccc4OC4(CCN(S(C)(=O)=O)CC4)N3N2)c1. The predicted molar refractivity (Wildman–Crippen MR) is 119 cm³/mol. The number of aryl methyl sites for hydroxylation is 1. The lowest BCUT2D eigenvalue weighted by molar-refractivity contribution is -0.153. The molecule has 1 spiro atoms. The van der Waals surface area contributed by atoms with Crippen LogP contribution in [0.4, 0.5) is 0 Å². The van der Waals surface area contributed by atoms with Gasteiger partial charge in [-0.15, -0.1) is 0 Å². The van der Waals surface area contributed by atoms with Gasteiger partial charge in [0, 0.05) is 37.1 Å². The van der Waals surface area contributed by atoms with Gasteiger partial charge >= 0.3 is 0 Å². The van der Waals surface area contributed by atoms with Crippen molar-refractivity contribution in [1.82, 2.24) is 14.7 Å². The van der Waals surface area contributed by atoms with Gasteiger partial charge in [0.2, 0.25) is 10.0 Å². The predicted octanol–water partition coefficient (Wildman–Crippen LogP) is 3.05. The molecule has 7 nitrogen and oxygen atoms in total. The first kappa shape index (κ1) is 20.4. The van der Waals surface area contributed by atoms with Crippen molar-refractivity contribution in [3.63, 3.8) is 0 Å². The zero-order valence-electron chi connectivity index (χ0n) is 18.0. The second kappa shape index (κ2) is 7.25. The van der Waals surface area contributed by atoms with Crippen molar-refractivity contribution in [1.29, 1.82) is 0 Å². The molecular formula is C23H27N3O4S. The largest absolute Gasteiger partial charge is 0.497 e. The molecule has 3 aliphatic heterocycles. The fourth-order valence-electron chi connectivity index (χ4n) is 4.76. The van der Waals surface area contributed by atoms with E-state index in [0.29, 0.717) is 25.9 Å². The van der Waals surface area contributed by atoms with Gasteiger partial charge in [-0.05, 0) is 31.2 Å². The van der Waals surface area contributed by atoms with Gasteiger partial charge in [-0.3, -0.25) is 0 Å². The second-order valence-corrected chi connectivity index (χ2v) is 10.5. The number of hydrazine groups is 1. The molecule has 1 fully saturated rings. The molecule has 0 radical (unpaired) electrons. The number of ether oxygens (including phenoxy) is 2. The van der Waals surface area contributed by atoms with E-state index in [2.05, 4.69) is 41.6 Å². The zero-order valence-corrected chi connectivity index (χ0v) is 18.8. The van der Waals surface area contributed by atoms with Gasteiger partial charge < -0.3 is 14.9 Å². The molecule has 5 rings (SSSR count). The lowest BCUT2D eigenvalue weighted by Gasteiger charge is -2.51. The molecule has 3 heterocycles. The van der Waals surface area contributed by atoms with E-state index < -0.39 is 15.7 Å². The van der Waals surface area contributed by atoms with E-state index in [1.807, 2.05) is 24.3 Å². The molecule has 1 N–H and O–H groups in total. The summed E-state index contributed by atoms with van der Waals surface area (Å²) >= 11 is 0. The fraction of sp³-hybridized carbons (Fsp3) is 0.391. The lowest BCUT2D eigenvalue weighted by Crippen LogP contribution is -2.64. The first-order chi connectivity index (χ1) is 14.8. The maximum absolute atomic E-state index is 12.1. The number of methoxy groups -OCH3 is 1. The van der Waals surface area contributed by atoms with Crippen molar-refractivity contribution in [2.75, 3.05) is 26.5 Å². The zero-order chi connectivity index (χ0) is 21.8. The molecule has 164 valence electrons. The number of fused-ring (bicyclic) bond motifs is 4. The molecule has 0 aromatic heterocycles. The van der Waals surface area contributed by atoms with E-state index in [-0.39, 0.29) is 6.04 Å². The molecule has 0 aliphatic carbocycles. The topological polar surface area (TPSA) is 71.1 Å². The van der Waals surface area contributed by atoms with E-state index in [9.17, 15) is 8.42 Å². The molecule has 2 aromatic carbocycles. The first-order valence-electron chi connectivity index (χ1n) is 10.5. The van der Waals surface area contributed by atoms with Crippen LogP contribution in [0.2, 0.25) is 0 Å². The summed E-state index contributed by atoms with van der Waals surface area (Å²) in [6.07, 6.45) is 4.65. The molecule has 8 heteroatoms. The highest BCUT2D eigenvalue weighted by Gasteiger charge is 2.52. The van der Waals surface area contributed by atoms with Crippen LogP contribution in [-0.2, 0) is 10.0 Å². The van der Waals surface area contributed by atoms with Gasteiger partial charge in [-0.2, -0.15) is 5.01 Å². The highest BCUT2D eigenvalue weighted by atomic mass is 32.2. The maximum atomic E-state index is 12.1. The summed E-state index contributed by atoms with van der Waals surface area (Å²) < 4.78 is 37.6. The van der Waals surface area contributed by atoms with E-state index in [1.165, 1.54) is 16.1 Å². The van der Waals surface area contributed by atoms with Crippen molar-refractivity contribution < 1.29 is 17.9 Å². The Morgan fingerprint density at radius 2 is 1.94 bits per heavy atom. The van der Waals surface area contributed by atoms with Crippen molar-refractivity contribution >= 4 is 15.7 Å². The summed E-state index contributed by atoms with van der Waals surface area (Å²) in [4.78, 5) is 0. The number of nitrogens with one attached hydrogen (secondary N) is 1. The Balaban J connectivity index is 1.54. The van der Waals surface area contributed by atoms with Crippen molar-refractivity contribution in [2.24, 2.45) is 0 Å². The molecule has 1 saturated heterocycles. The maximum Gasteiger partial charge on any atom is 0.211 e. The first-order valence-corrected chi connectivity index (χ1v) is 12.3. The van der Waals surface area contributed by atoms with E-state index in [4.69, 9.17) is 9.47 Å². The third-order valence-electron chi connectivity index (χ3n) is 6.42. The summed E-state index contributed by atoms with van der Waals surface area (Å²) in [5.41, 5.74) is 7.27. The van der Waals surface area contributed by atoms with E-state index in [0.717, 1.165) is 28.3 Å². The Kier molecular flexibility index (Phi) is 4.76. The van der Waals surface area contributed by atoms with Crippen LogP contribution in [0, 0.1) is 6.92 Å². The van der Waals surface area contributed by atoms with Gasteiger partial charge in [0.25, 0.3) is 0 Å². The molecule has 0 bridgehead atoms. The lowest BCUT2D eigenvalue weighted by atomic mass is 9.93. The highest BCUT2D eigenvalue weighted by Crippen LogP contribution is 2.49. The van der Waals surface area contributed by atoms with Crippen molar-refractivity contribution in [2.45, 2.75) is 31.5 Å². The van der Waals surface area contributed by atoms with Gasteiger partial charge in [-0.1, -0.05) is 29.8 Å². The number of hydrogen-bond acceptors (Lipinski definition) is 6. The average molecular weight is 442 g/mol. The smallest absolute Gasteiger partial charge is 0.211 e. The van der Waals surface area contributed by atoms with Gasteiger partial charge in [-0.25, -0.2) is 12.7 Å². The highest BCUT2D eigenvalue weighted by molar-refractivity contribution is 7.88. The van der Waals surface area contributed by atoms with Crippen LogP contribution in [0.25, 0.3) is 5.70 Å². The van der Waals surface area contributed by atoms with Crippen LogP contribution in [0.15, 0.2) is 48.5 Å². The van der Waals surface area contributed by atoms with Crippen molar-refractivity contribution in [3.05, 3.63) is 65.2 Å². The summed E-state index contributed by atoms with van der Waals surface area (Å²) in [5, 5.41) is 2.17. The van der Waals surface area contributed by atoms with Crippen LogP contribution in [0.1, 0.15) is 35.6 Å². The minimum Gasteiger partial charge on any atom is -0.497 e. The Morgan fingerprint density at radius 1 is 1.16 bits per heavy atom. The Bertz CT molecular complexity index is 1150. The number of nitrogens with zero attached hydrogens (tertiary/aromatic N) is 2. The third-order valence-corrected chi connectivity index (χ3v) is 7.72. The molecule has 3 aliphatic rings. The quantitative estimate of drug-likeness (QED) is 0.790. The van der Waals surface area contributed by atoms with E-state index >= 15 is 0 Å². The molecule has 1 atom stereocenters. The number of sulfonamides is 1. The average Bonchev–Trinajstić information content (AvgIpc) is 3.21. The number of rotatable bonds is 3. The molecule has 0 amide bonds. The molecular weight excluding hydrogens is 414 g/mol. The Labute approximate surface area is 183 Å². The Hall–Kier alpha value is -2.55. The minimum absolute atomic E-state index is 0.00497. The van der Waals surface area contributed by atoms with E-state index in [1.54, 1.807) is 7.11 Å². The van der Waals surface area contributed by atoms with Crippen LogP contribution < -0.4 is 14.9 Å². The summed E-state index contributed by atoms with van der Waals surface area (Å²) in [6.45, 7) is 2.94. The number of hydrogen-bond donors (Lipinski definition) is 1. The molecule has 0 saturated carbocycles. The number of benzene rings is 2. The summed E-state index contributed by atoms with van der Waals surface area (Å²) in [5.74, 6) is 1.67. The van der Waals surface area contributed by atoms with Crippen LogP contribution in [0.3, 0.4) is 0 Å². The summed E-state index contributed by atoms with van der Waals surface area (Å²) in [6, 6.07) is 14.2. The van der Waals surface area contributed by atoms with Gasteiger partial charge in [0.05, 0.1) is 25.1 Å². The monoisotopic (exact) mass is 441 g/mol. The summed E-state index contributed by atoms with van der Waals surface area (Å²) in [7, 11) is -1.56. The molecule has 2 aromatic rings. The van der Waals surface area contributed by atoms with Crippen LogP contribution in [-0.4, -0.2) is 49.9 Å². The minimum atomic E-state index is -3.22. The molecule has 31 heavy (non-hydrogen) atoms. The fourth-order valence-corrected chi connectivity index (χ4v) is 5.61. The number of piperidine rings is 1. The standard InChI is InChI=1S/C23H27N3O4S/c1-16-7-8-22-19(13-16)21-15-20(17-5-4-6-18(14-17)29-2)24-26(21)23(30-22)9-11-25(12-10-23)31(3,27)28/h4-8,13-15,21,24H,9-12H2,1-3H3/t21-/m1/s1. The Morgan fingerprint density at radius 3 is 2.65 bits per heavy atom. The van der Waals surface area contributed by atoms with Gasteiger partial charge in [0.15, 0.2) is 5.72 Å². The third kappa shape index (κ3) is 3.48. The molecule has 0 unspecified atom stereocenters. The normalized spacial score (nSPS) is 22.8. The van der Waals surface area contributed by atoms with Crippen LogP contribution >= 0.6 is 0 Å². The second-order valence-electron chi connectivity index (χ2n) is 8.49.